The maximum Gasteiger partial charge on any atom is 0.490 e. The van der Waals surface area contributed by atoms with E-state index in [9.17, 15) is 55.9 Å². The highest BCUT2D eigenvalue weighted by Gasteiger charge is 2.50. The molecule has 6 heterocycles. The lowest BCUT2D eigenvalue weighted by atomic mass is 9.88. The number of carbonyl (C=O) groups is 2. The van der Waals surface area contributed by atoms with E-state index in [1.807, 2.05) is 37.5 Å². The lowest BCUT2D eigenvalue weighted by Gasteiger charge is -2.43. The van der Waals surface area contributed by atoms with Crippen LogP contribution in [0.2, 0.25) is 0 Å². The molecule has 0 radical (unpaired) electrons. The van der Waals surface area contributed by atoms with Gasteiger partial charge in [-0.2, -0.15) is 22.0 Å². The number of hydrogen-bond acceptors (Lipinski definition) is 20. The van der Waals surface area contributed by atoms with Gasteiger partial charge in [0.05, 0.1) is 30.1 Å². The second-order valence-corrected chi connectivity index (χ2v) is 25.2. The van der Waals surface area contributed by atoms with Gasteiger partial charge in [0.2, 0.25) is 17.2 Å². The van der Waals surface area contributed by atoms with Crippen molar-refractivity contribution < 1.29 is 88.3 Å². The average Bonchev–Trinajstić information content (AvgIpc) is 3.88. The number of aromatic amines is 1. The number of aliphatic hydroxyl groups is 1. The molecule has 1 saturated heterocycles. The number of fused-ring (bicyclic) bond motifs is 5. The van der Waals surface area contributed by atoms with Crippen LogP contribution in [0.3, 0.4) is 0 Å². The first-order valence-corrected chi connectivity index (χ1v) is 29.6. The highest BCUT2D eigenvalue weighted by molar-refractivity contribution is 7.86. The van der Waals surface area contributed by atoms with E-state index in [1.54, 1.807) is 18.2 Å². The third-order valence-corrected chi connectivity index (χ3v) is 17.2. The fourth-order valence-corrected chi connectivity index (χ4v) is 13.4. The number of likely N-dealkylation sites (N-methyl/N-ethyl adjacent to an activating group) is 1. The summed E-state index contributed by atoms with van der Waals surface area (Å²) >= 11 is 0. The molecule has 0 spiro atoms. The quantitative estimate of drug-likeness (QED) is 0.0243. The minimum absolute atomic E-state index is 0.0130. The van der Waals surface area contributed by atoms with E-state index in [1.165, 1.54) is 0 Å². The summed E-state index contributed by atoms with van der Waals surface area (Å²) in [6.45, 7) is 11.6. The maximum atomic E-state index is 13.2. The van der Waals surface area contributed by atoms with Crippen LogP contribution >= 0.6 is 23.5 Å². The number of imidazole rings is 1. The van der Waals surface area contributed by atoms with Gasteiger partial charge < -0.3 is 60.2 Å². The third kappa shape index (κ3) is 12.9. The minimum atomic E-state index is -5.94. The number of ether oxygens (including phenoxy) is 3. The Bertz CT molecular complexity index is 3600. The van der Waals surface area contributed by atoms with Gasteiger partial charge in [-0.1, -0.05) is 6.08 Å². The number of phosphoric acid groups is 3. The molecule has 11 N–H and O–H groups in total. The maximum absolute atomic E-state index is 13.2. The number of amides is 2. The van der Waals surface area contributed by atoms with Crippen molar-refractivity contribution in [3.8, 4) is 11.5 Å². The number of benzene rings is 2. The Kier molecular flexibility index (Phi) is 15.8. The Morgan fingerprint density at radius 2 is 1.70 bits per heavy atom. The van der Waals surface area contributed by atoms with Crippen molar-refractivity contribution in [1.29, 1.82) is 0 Å². The molecule has 30 nitrogen and oxygen atoms in total. The molecule has 4 aliphatic heterocycles. The van der Waals surface area contributed by atoms with Crippen LogP contribution in [0.1, 0.15) is 71.7 Å². The molecule has 77 heavy (non-hydrogen) atoms. The smallest absolute Gasteiger partial charge is 0.452 e. The highest BCUT2D eigenvalue weighted by atomic mass is 32.2. The van der Waals surface area contributed by atoms with Crippen LogP contribution in [0.5, 0.6) is 11.5 Å². The van der Waals surface area contributed by atoms with Gasteiger partial charge in [0.25, 0.3) is 15.7 Å². The zero-order chi connectivity index (χ0) is 56.4. The van der Waals surface area contributed by atoms with Crippen LogP contribution in [-0.2, 0) is 51.2 Å². The number of phosphoric ester groups is 1. The molecule has 8 rings (SSSR count). The number of nitrogens with two attached hydrogens (primary N) is 1. The van der Waals surface area contributed by atoms with Crippen molar-refractivity contribution in [1.82, 2.24) is 34.7 Å². The number of anilines is 2. The number of aliphatic hydroxyl groups excluding tert-OH is 1. The van der Waals surface area contributed by atoms with Gasteiger partial charge in [-0.25, -0.2) is 33.0 Å². The Labute approximate surface area is 437 Å². The van der Waals surface area contributed by atoms with Crippen molar-refractivity contribution in [3.05, 3.63) is 74.9 Å². The molecule has 4 aliphatic rings. The highest BCUT2D eigenvalue weighted by Crippen LogP contribution is 2.66. The summed E-state index contributed by atoms with van der Waals surface area (Å²) in [5.74, 6) is -0.494. The number of hydrogen-bond donors (Lipinski definition) is 10. The van der Waals surface area contributed by atoms with E-state index in [0.717, 1.165) is 34.3 Å². The average molecular weight is 1160 g/mol. The number of nitrogen functional groups attached to an aromatic ring is 1. The first kappa shape index (κ1) is 57.4. The van der Waals surface area contributed by atoms with Gasteiger partial charge in [-0.15, -0.1) is 0 Å². The Morgan fingerprint density at radius 3 is 2.39 bits per heavy atom. The predicted molar refractivity (Wildman–Crippen MR) is 272 cm³/mol. The third-order valence-electron chi connectivity index (χ3n) is 12.7. The Balaban J connectivity index is 0.927. The number of aromatic nitrogens is 4. The van der Waals surface area contributed by atoms with E-state index in [2.05, 4.69) is 70.5 Å². The lowest BCUT2D eigenvalue weighted by molar-refractivity contribution is -0.121. The molecule has 6 atom stereocenters. The first-order valence-electron chi connectivity index (χ1n) is 23.5. The standard InChI is InChI=1S/C43H55N10O20P3S/c1-7-52-28-15-30-26(13-24(28)22(2)17-42(52,3)4)48-27-14-25-23(20-77(65,66)67)18-43(5,6)53(29(25)16-31(27)69-30)12-8-9-33(54)45-10-11-46-41(57)71-36-32(19-68-75(61,62)73-76(63,64)72-74(58,59)60)70-39(35(36)55)51-21-47-34-37(51)49-40(44)50-38(34)56/h13-18,21,32,35-36,39,55H,7-12,19-20H2,1-6H3,(H9-,44,45,46,49,50,54,56,57,58,59,60,61,62,63,64,65,66,67)/p+1/t32-,35-,36-,39-/m1/s1. The van der Waals surface area contributed by atoms with Gasteiger partial charge in [-0.3, -0.25) is 28.2 Å². The molecule has 4 aromatic rings. The Hall–Kier alpha value is -5.75. The first-order chi connectivity index (χ1) is 35.7. The number of nitrogens with one attached hydrogen (secondary N) is 3. The number of allylic oxidation sites excluding steroid dienone is 1. The summed E-state index contributed by atoms with van der Waals surface area (Å²) < 4.78 is 103. The fourth-order valence-electron chi connectivity index (χ4n) is 9.76. The van der Waals surface area contributed by atoms with Gasteiger partial charge >= 0.3 is 29.6 Å². The van der Waals surface area contributed by atoms with E-state index < -0.39 is 93.6 Å². The van der Waals surface area contributed by atoms with Crippen molar-refractivity contribution in [2.75, 3.05) is 49.2 Å². The number of nitrogens with zero attached hydrogens (tertiary/aromatic N) is 6. The molecule has 0 saturated carbocycles. The second kappa shape index (κ2) is 21.1. The van der Waals surface area contributed by atoms with E-state index >= 15 is 0 Å². The summed E-state index contributed by atoms with van der Waals surface area (Å²) in [4.78, 5) is 93.4. The normalized spacial score (nSPS) is 21.9. The molecule has 2 amide bonds. The largest absolute Gasteiger partial charge is 0.490 e. The molecule has 2 unspecified atom stereocenters. The summed E-state index contributed by atoms with van der Waals surface area (Å²) in [7, 11) is -21.9. The van der Waals surface area contributed by atoms with Crippen LogP contribution in [0.25, 0.3) is 22.3 Å². The molecule has 418 valence electrons. The number of alkyl carbamates (subject to hydrolysis) is 1. The van der Waals surface area contributed by atoms with Crippen LogP contribution < -0.4 is 46.9 Å². The summed E-state index contributed by atoms with van der Waals surface area (Å²) in [5.41, 5.74) is 7.87. The molecule has 2 aromatic heterocycles. The van der Waals surface area contributed by atoms with E-state index in [0.29, 0.717) is 39.0 Å². The van der Waals surface area contributed by atoms with E-state index in [-0.39, 0.29) is 55.1 Å². The molecule has 1 fully saturated rings. The minimum Gasteiger partial charge on any atom is -0.452 e. The number of carbonyl (C=O) groups excluding carboxylic acids is 2. The summed E-state index contributed by atoms with van der Waals surface area (Å²) in [6, 6.07) is 7.45. The molecule has 0 bridgehead atoms. The fraction of sp³-hybridized carbons (Fsp3) is 0.465. The lowest BCUT2D eigenvalue weighted by Crippen LogP contribution is -2.50. The van der Waals surface area contributed by atoms with Gasteiger partial charge in [0.15, 0.2) is 40.5 Å². The van der Waals surface area contributed by atoms with Gasteiger partial charge in [0, 0.05) is 63.6 Å². The molecule has 34 heteroatoms. The zero-order valence-corrected chi connectivity index (χ0v) is 45.4. The van der Waals surface area contributed by atoms with Crippen molar-refractivity contribution in [2.24, 2.45) is 4.99 Å². The van der Waals surface area contributed by atoms with Crippen molar-refractivity contribution in [2.45, 2.75) is 90.0 Å². The topological polar surface area (TPSA) is 429 Å². The van der Waals surface area contributed by atoms with Crippen LogP contribution in [0.15, 0.2) is 52.5 Å². The van der Waals surface area contributed by atoms with Crippen LogP contribution in [0.4, 0.5) is 22.1 Å². The monoisotopic (exact) mass is 1160 g/mol. The van der Waals surface area contributed by atoms with Crippen molar-refractivity contribution in [3.63, 3.8) is 0 Å². The van der Waals surface area contributed by atoms with Gasteiger partial charge in [0.1, 0.15) is 35.6 Å². The summed E-state index contributed by atoms with van der Waals surface area (Å²) in [6.07, 6.45) is -3.06. The Morgan fingerprint density at radius 1 is 0.987 bits per heavy atom. The van der Waals surface area contributed by atoms with E-state index in [4.69, 9.17) is 34.7 Å². The number of H-pyrrole nitrogens is 1. The summed E-state index contributed by atoms with van der Waals surface area (Å²) in [5, 5.41) is 17.4. The zero-order valence-electron chi connectivity index (χ0n) is 41.9. The van der Waals surface area contributed by atoms with Crippen LogP contribution in [-0.4, -0.2) is 137 Å². The molecular weight excluding hydrogens is 1100 g/mol. The van der Waals surface area contributed by atoms with Gasteiger partial charge in [-0.05, 0) is 57.0 Å². The number of rotatable bonds is 19. The molecule has 0 aliphatic carbocycles. The SMILES string of the molecule is CCN1c2cc3c(cc2C(C)=CC1(C)C)N=c1cc2c(cc1O3)=[N+](CCCC(=O)NCCNC(=O)O[C@H]1[C@@H](O)[C@H](n3cnc4c(=O)[nH]c(N)nc43)O[C@@H]1COP(=O)(O)OP(=O)(O)OP(=O)(O)O)C(C)(C)C=C2CS(=O)(=O)O. The predicted octanol–water partition coefficient (Wildman–Crippen LogP) is 1.63. The molecular formula is C43H56N10O20P3S+. The van der Waals surface area contributed by atoms with Crippen LogP contribution in [0, 0.1) is 0 Å². The second-order valence-electron chi connectivity index (χ2n) is 19.3. The molecule has 2 aromatic carbocycles. The van der Waals surface area contributed by atoms with Crippen molar-refractivity contribution >= 4 is 85.2 Å².